The first-order chi connectivity index (χ1) is 10.8. The van der Waals surface area contributed by atoms with Gasteiger partial charge in [-0.1, -0.05) is 6.07 Å². The maximum Gasteiger partial charge on any atom is 0.407 e. The Morgan fingerprint density at radius 3 is 2.57 bits per heavy atom. The predicted octanol–water partition coefficient (Wildman–Crippen LogP) is 2.12. The summed E-state index contributed by atoms with van der Waals surface area (Å²) in [6.45, 7) is 12.3. The number of hydrogen-bond donors (Lipinski definition) is 1. The third-order valence-corrected chi connectivity index (χ3v) is 3.64. The van der Waals surface area contributed by atoms with E-state index < -0.39 is 5.60 Å². The van der Waals surface area contributed by atoms with Gasteiger partial charge >= 0.3 is 6.09 Å². The third kappa shape index (κ3) is 6.06. The summed E-state index contributed by atoms with van der Waals surface area (Å²) in [6.07, 6.45) is 1.48. The number of aromatic nitrogens is 1. The topological polar surface area (TPSA) is 57.7 Å². The zero-order valence-corrected chi connectivity index (χ0v) is 14.6. The zero-order valence-electron chi connectivity index (χ0n) is 14.6. The summed E-state index contributed by atoms with van der Waals surface area (Å²) < 4.78 is 5.29. The monoisotopic (exact) mass is 320 g/mol. The van der Waals surface area contributed by atoms with Gasteiger partial charge in [0.05, 0.1) is 0 Å². The second kappa shape index (κ2) is 7.64. The van der Waals surface area contributed by atoms with Gasteiger partial charge in [-0.3, -0.25) is 4.90 Å². The van der Waals surface area contributed by atoms with Gasteiger partial charge in [0.25, 0.3) is 0 Å². The minimum absolute atomic E-state index is 0.0613. The van der Waals surface area contributed by atoms with Crippen molar-refractivity contribution in [3.8, 4) is 0 Å². The summed E-state index contributed by atoms with van der Waals surface area (Å²) in [7, 11) is 0. The molecule has 0 aromatic carbocycles. The van der Waals surface area contributed by atoms with Gasteiger partial charge in [0.15, 0.2) is 0 Å². The summed E-state index contributed by atoms with van der Waals surface area (Å²) in [5, 5.41) is 2.90. The van der Waals surface area contributed by atoms with Crippen LogP contribution in [0, 0.1) is 0 Å². The van der Waals surface area contributed by atoms with Crippen LogP contribution in [-0.2, 0) is 4.74 Å². The quantitative estimate of drug-likeness (QED) is 0.921. The van der Waals surface area contributed by atoms with E-state index in [2.05, 4.69) is 20.1 Å². The van der Waals surface area contributed by atoms with Crippen LogP contribution in [0.4, 0.5) is 10.6 Å². The minimum atomic E-state index is -0.460. The van der Waals surface area contributed by atoms with Crippen molar-refractivity contribution < 1.29 is 9.53 Å². The van der Waals surface area contributed by atoms with Crippen LogP contribution in [0.1, 0.15) is 27.7 Å². The molecule has 23 heavy (non-hydrogen) atoms. The van der Waals surface area contributed by atoms with E-state index in [0.29, 0.717) is 0 Å². The number of carbonyl (C=O) groups is 1. The van der Waals surface area contributed by atoms with Crippen molar-refractivity contribution in [3.63, 3.8) is 0 Å². The Morgan fingerprint density at radius 1 is 1.30 bits per heavy atom. The third-order valence-electron chi connectivity index (χ3n) is 3.64. The van der Waals surface area contributed by atoms with Crippen LogP contribution < -0.4 is 10.2 Å². The van der Waals surface area contributed by atoms with Gasteiger partial charge < -0.3 is 15.0 Å². The number of nitrogens with zero attached hydrogens (tertiary/aromatic N) is 3. The molecule has 1 aromatic heterocycles. The van der Waals surface area contributed by atoms with Crippen molar-refractivity contribution in [2.24, 2.45) is 0 Å². The largest absolute Gasteiger partial charge is 0.444 e. The number of rotatable bonds is 4. The Labute approximate surface area is 138 Å². The Bertz CT molecular complexity index is 493. The molecule has 2 heterocycles. The number of anilines is 1. The number of carbonyl (C=O) groups excluding carboxylic acids is 1. The molecule has 128 valence electrons. The van der Waals surface area contributed by atoms with Crippen molar-refractivity contribution in [3.05, 3.63) is 24.4 Å². The van der Waals surface area contributed by atoms with E-state index in [1.165, 1.54) is 0 Å². The molecular weight excluding hydrogens is 292 g/mol. The molecule has 6 nitrogen and oxygen atoms in total. The van der Waals surface area contributed by atoms with Gasteiger partial charge in [-0.2, -0.15) is 0 Å². The highest BCUT2D eigenvalue weighted by atomic mass is 16.6. The van der Waals surface area contributed by atoms with Crippen LogP contribution >= 0.6 is 0 Å². The van der Waals surface area contributed by atoms with Gasteiger partial charge in [-0.05, 0) is 39.8 Å². The molecule has 2 rings (SSSR count). The average molecular weight is 320 g/mol. The summed E-state index contributed by atoms with van der Waals surface area (Å²) in [4.78, 5) is 20.8. The maximum absolute atomic E-state index is 11.8. The van der Waals surface area contributed by atoms with Crippen molar-refractivity contribution in [2.45, 2.75) is 39.3 Å². The molecule has 1 unspecified atom stereocenters. The number of ether oxygens (including phenoxy) is 1. The Morgan fingerprint density at radius 2 is 2.00 bits per heavy atom. The molecule has 0 radical (unpaired) electrons. The van der Waals surface area contributed by atoms with Gasteiger partial charge in [0, 0.05) is 45.0 Å². The Balaban J connectivity index is 1.72. The number of pyridine rings is 1. The van der Waals surface area contributed by atoms with Crippen LogP contribution in [-0.4, -0.2) is 60.3 Å². The number of nitrogens with one attached hydrogen (secondary N) is 1. The molecule has 0 bridgehead atoms. The number of hydrogen-bond acceptors (Lipinski definition) is 5. The number of amides is 1. The zero-order chi connectivity index (χ0) is 16.9. The fraction of sp³-hybridized carbons (Fsp3) is 0.647. The van der Waals surface area contributed by atoms with E-state index in [1.807, 2.05) is 52.1 Å². The van der Waals surface area contributed by atoms with Crippen LogP contribution in [0.15, 0.2) is 24.4 Å². The van der Waals surface area contributed by atoms with E-state index in [0.717, 1.165) is 38.5 Å². The SMILES string of the molecule is CC(CN1CCN(c2ccccn2)CC1)NC(=O)OC(C)(C)C. The van der Waals surface area contributed by atoms with E-state index in [9.17, 15) is 4.79 Å². The van der Waals surface area contributed by atoms with E-state index >= 15 is 0 Å². The standard InChI is InChI=1S/C17H28N4O2/c1-14(19-16(22)23-17(2,3)4)13-20-9-11-21(12-10-20)15-7-5-6-8-18-15/h5-8,14H,9-13H2,1-4H3,(H,19,22). The molecule has 6 heteroatoms. The first kappa shape index (κ1) is 17.5. The number of piperazine rings is 1. The lowest BCUT2D eigenvalue weighted by Crippen LogP contribution is -2.51. The molecule has 1 N–H and O–H groups in total. The van der Waals surface area contributed by atoms with Gasteiger partial charge in [0.1, 0.15) is 11.4 Å². The average Bonchev–Trinajstić information content (AvgIpc) is 2.46. The molecular formula is C17H28N4O2. The lowest BCUT2D eigenvalue weighted by atomic mass is 10.2. The molecule has 1 saturated heterocycles. The Kier molecular flexibility index (Phi) is 5.82. The highest BCUT2D eigenvalue weighted by Gasteiger charge is 2.21. The van der Waals surface area contributed by atoms with Gasteiger partial charge in [-0.25, -0.2) is 9.78 Å². The molecule has 0 aliphatic carbocycles. The normalized spacial score (nSPS) is 17.7. The summed E-state index contributed by atoms with van der Waals surface area (Å²) >= 11 is 0. The predicted molar refractivity (Wildman–Crippen MR) is 91.7 cm³/mol. The summed E-state index contributed by atoms with van der Waals surface area (Å²) in [6, 6.07) is 6.06. The van der Waals surface area contributed by atoms with Crippen molar-refractivity contribution >= 4 is 11.9 Å². The highest BCUT2D eigenvalue weighted by molar-refractivity contribution is 5.68. The fourth-order valence-electron chi connectivity index (χ4n) is 2.64. The lowest BCUT2D eigenvalue weighted by molar-refractivity contribution is 0.0496. The van der Waals surface area contributed by atoms with Crippen LogP contribution in [0.25, 0.3) is 0 Å². The molecule has 1 fully saturated rings. The summed E-state index contributed by atoms with van der Waals surface area (Å²) in [5.41, 5.74) is -0.460. The molecule has 1 aliphatic heterocycles. The molecule has 1 aliphatic rings. The van der Waals surface area contributed by atoms with Crippen molar-refractivity contribution in [2.75, 3.05) is 37.6 Å². The van der Waals surface area contributed by atoms with Gasteiger partial charge in [-0.15, -0.1) is 0 Å². The minimum Gasteiger partial charge on any atom is -0.444 e. The molecule has 1 aromatic rings. The lowest BCUT2D eigenvalue weighted by Gasteiger charge is -2.36. The number of alkyl carbamates (subject to hydrolysis) is 1. The van der Waals surface area contributed by atoms with E-state index in [4.69, 9.17) is 4.74 Å². The van der Waals surface area contributed by atoms with E-state index in [1.54, 1.807) is 0 Å². The molecule has 0 spiro atoms. The Hall–Kier alpha value is -1.82. The van der Waals surface area contributed by atoms with Crippen molar-refractivity contribution in [1.29, 1.82) is 0 Å². The van der Waals surface area contributed by atoms with E-state index in [-0.39, 0.29) is 12.1 Å². The first-order valence-corrected chi connectivity index (χ1v) is 8.21. The second-order valence-corrected chi connectivity index (χ2v) is 7.02. The first-order valence-electron chi connectivity index (χ1n) is 8.21. The molecule has 1 atom stereocenters. The van der Waals surface area contributed by atoms with Crippen LogP contribution in [0.2, 0.25) is 0 Å². The van der Waals surface area contributed by atoms with Crippen LogP contribution in [0.5, 0.6) is 0 Å². The molecule has 1 amide bonds. The van der Waals surface area contributed by atoms with Crippen LogP contribution in [0.3, 0.4) is 0 Å². The maximum atomic E-state index is 11.8. The highest BCUT2D eigenvalue weighted by Crippen LogP contribution is 2.12. The second-order valence-electron chi connectivity index (χ2n) is 7.02. The van der Waals surface area contributed by atoms with Crippen molar-refractivity contribution in [1.82, 2.24) is 15.2 Å². The summed E-state index contributed by atoms with van der Waals surface area (Å²) in [5.74, 6) is 1.03. The smallest absolute Gasteiger partial charge is 0.407 e. The fourth-order valence-corrected chi connectivity index (χ4v) is 2.64. The van der Waals surface area contributed by atoms with Gasteiger partial charge in [0.2, 0.25) is 0 Å². The molecule has 0 saturated carbocycles.